The topological polar surface area (TPSA) is 72.7 Å². The molecule has 3 aromatic rings. The summed E-state index contributed by atoms with van der Waals surface area (Å²) < 4.78 is 6.51. The Bertz CT molecular complexity index is 975. The summed E-state index contributed by atoms with van der Waals surface area (Å²) in [4.78, 5) is 29.5. The number of ether oxygens (including phenoxy) is 1. The minimum atomic E-state index is -0.368. The molecule has 0 fully saturated rings. The first kappa shape index (κ1) is 15.7. The number of aromatic nitrogens is 2. The number of carbonyl (C=O) groups is 1. The third-order valence-corrected chi connectivity index (χ3v) is 3.82. The summed E-state index contributed by atoms with van der Waals surface area (Å²) in [5.41, 5.74) is 2.27. The normalized spacial score (nSPS) is 10.6. The molecule has 24 heavy (non-hydrogen) atoms. The van der Waals surface area contributed by atoms with Crippen molar-refractivity contribution in [3.63, 3.8) is 0 Å². The number of anilines is 1. The third-order valence-electron chi connectivity index (χ3n) is 3.82. The predicted octanol–water partition coefficient (Wildman–Crippen LogP) is 2.57. The Kier molecular flexibility index (Phi) is 4.04. The lowest BCUT2D eigenvalue weighted by molar-refractivity contribution is 0.102. The maximum atomic E-state index is 12.7. The number of hydrogen-bond donors (Lipinski definition) is 1. The molecule has 2 aromatic heterocycles. The van der Waals surface area contributed by atoms with Gasteiger partial charge in [0.2, 0.25) is 0 Å². The van der Waals surface area contributed by atoms with E-state index < -0.39 is 0 Å². The van der Waals surface area contributed by atoms with Gasteiger partial charge in [-0.2, -0.15) is 0 Å². The Balaban J connectivity index is 2.00. The van der Waals surface area contributed by atoms with Gasteiger partial charge < -0.3 is 10.1 Å². The molecule has 3 rings (SSSR count). The van der Waals surface area contributed by atoms with Crippen molar-refractivity contribution in [3.8, 4) is 5.75 Å². The SMILES string of the molecule is COc1ccc(C(=O)Nc2c(C)nc3c(C)cccn3c2=O)cc1. The molecule has 0 atom stereocenters. The number of rotatable bonds is 3. The molecular formula is C18H17N3O3. The number of benzene rings is 1. The summed E-state index contributed by atoms with van der Waals surface area (Å²) in [5.74, 6) is 0.290. The zero-order valence-electron chi connectivity index (χ0n) is 13.7. The minimum absolute atomic E-state index is 0.180. The van der Waals surface area contributed by atoms with Crippen LogP contribution in [0.5, 0.6) is 5.75 Å². The molecule has 6 nitrogen and oxygen atoms in total. The predicted molar refractivity (Wildman–Crippen MR) is 91.9 cm³/mol. The summed E-state index contributed by atoms with van der Waals surface area (Å²) in [6.07, 6.45) is 1.64. The second-order valence-electron chi connectivity index (χ2n) is 5.44. The quantitative estimate of drug-likeness (QED) is 0.804. The first-order valence-corrected chi connectivity index (χ1v) is 7.45. The summed E-state index contributed by atoms with van der Waals surface area (Å²) in [6, 6.07) is 10.3. The van der Waals surface area contributed by atoms with Gasteiger partial charge in [0.05, 0.1) is 12.8 Å². The zero-order valence-corrected chi connectivity index (χ0v) is 13.7. The van der Waals surface area contributed by atoms with E-state index in [0.717, 1.165) is 5.56 Å². The molecule has 0 aliphatic rings. The van der Waals surface area contributed by atoms with Gasteiger partial charge in [-0.15, -0.1) is 0 Å². The van der Waals surface area contributed by atoms with Crippen LogP contribution in [0.3, 0.4) is 0 Å². The second kappa shape index (κ2) is 6.16. The molecule has 122 valence electrons. The van der Waals surface area contributed by atoms with Crippen molar-refractivity contribution in [2.75, 3.05) is 12.4 Å². The van der Waals surface area contributed by atoms with Gasteiger partial charge in [-0.3, -0.25) is 14.0 Å². The van der Waals surface area contributed by atoms with Gasteiger partial charge >= 0.3 is 0 Å². The second-order valence-corrected chi connectivity index (χ2v) is 5.44. The molecule has 0 saturated heterocycles. The molecule has 0 aliphatic carbocycles. The van der Waals surface area contributed by atoms with Gasteiger partial charge in [0.25, 0.3) is 11.5 Å². The van der Waals surface area contributed by atoms with Gasteiger partial charge in [0.15, 0.2) is 0 Å². The lowest BCUT2D eigenvalue weighted by Gasteiger charge is -2.11. The molecule has 0 bridgehead atoms. The highest BCUT2D eigenvalue weighted by atomic mass is 16.5. The Hall–Kier alpha value is -3.15. The molecule has 1 amide bonds. The molecule has 0 radical (unpaired) electrons. The van der Waals surface area contributed by atoms with Crippen molar-refractivity contribution in [2.24, 2.45) is 0 Å². The number of carbonyl (C=O) groups excluding carboxylic acids is 1. The van der Waals surface area contributed by atoms with Crippen molar-refractivity contribution in [1.82, 2.24) is 9.38 Å². The van der Waals surface area contributed by atoms with Crippen molar-refractivity contribution in [1.29, 1.82) is 0 Å². The number of hydrogen-bond acceptors (Lipinski definition) is 4. The van der Waals surface area contributed by atoms with Crippen molar-refractivity contribution < 1.29 is 9.53 Å². The fourth-order valence-corrected chi connectivity index (χ4v) is 2.48. The smallest absolute Gasteiger partial charge is 0.281 e. The average Bonchev–Trinajstić information content (AvgIpc) is 2.59. The molecule has 0 aliphatic heterocycles. The van der Waals surface area contributed by atoms with Crippen LogP contribution in [0.4, 0.5) is 5.69 Å². The number of pyridine rings is 1. The van der Waals surface area contributed by atoms with Gasteiger partial charge in [-0.05, 0) is 49.7 Å². The summed E-state index contributed by atoms with van der Waals surface area (Å²) >= 11 is 0. The Morgan fingerprint density at radius 3 is 2.54 bits per heavy atom. The molecular weight excluding hydrogens is 306 g/mol. The summed E-state index contributed by atoms with van der Waals surface area (Å²) in [5, 5.41) is 2.67. The fourth-order valence-electron chi connectivity index (χ4n) is 2.48. The first-order valence-electron chi connectivity index (χ1n) is 7.45. The standard InChI is InChI=1S/C18H17N3O3/c1-11-5-4-10-21-16(11)19-12(2)15(18(21)23)20-17(22)13-6-8-14(24-3)9-7-13/h4-10H,1-3H3,(H,20,22). The monoisotopic (exact) mass is 323 g/mol. The maximum absolute atomic E-state index is 12.7. The lowest BCUT2D eigenvalue weighted by Crippen LogP contribution is -2.25. The summed E-state index contributed by atoms with van der Waals surface area (Å²) in [7, 11) is 1.56. The van der Waals surface area contributed by atoms with E-state index >= 15 is 0 Å². The Labute approximate surface area is 138 Å². The minimum Gasteiger partial charge on any atom is -0.497 e. The molecule has 1 N–H and O–H groups in total. The molecule has 0 unspecified atom stereocenters. The first-order chi connectivity index (χ1) is 11.5. The van der Waals surface area contributed by atoms with Crippen LogP contribution in [0.15, 0.2) is 47.4 Å². The maximum Gasteiger partial charge on any atom is 0.281 e. The van der Waals surface area contributed by atoms with Crippen LogP contribution in [-0.2, 0) is 0 Å². The number of methoxy groups -OCH3 is 1. The fraction of sp³-hybridized carbons (Fsp3) is 0.167. The van der Waals surface area contributed by atoms with Crippen molar-refractivity contribution in [3.05, 3.63) is 69.8 Å². The highest BCUT2D eigenvalue weighted by Gasteiger charge is 2.14. The number of nitrogens with one attached hydrogen (secondary N) is 1. The van der Waals surface area contributed by atoms with E-state index in [0.29, 0.717) is 22.7 Å². The lowest BCUT2D eigenvalue weighted by atomic mass is 10.2. The number of aryl methyl sites for hydroxylation is 2. The summed E-state index contributed by atoms with van der Waals surface area (Å²) in [6.45, 7) is 3.59. The number of nitrogens with zero attached hydrogens (tertiary/aromatic N) is 2. The van der Waals surface area contributed by atoms with Crippen LogP contribution in [0, 0.1) is 13.8 Å². The van der Waals surface area contributed by atoms with Crippen LogP contribution in [0.2, 0.25) is 0 Å². The van der Waals surface area contributed by atoms with Gasteiger partial charge in [0, 0.05) is 11.8 Å². The van der Waals surface area contributed by atoms with Crippen LogP contribution >= 0.6 is 0 Å². The van der Waals surface area contributed by atoms with E-state index in [9.17, 15) is 9.59 Å². The highest BCUT2D eigenvalue weighted by Crippen LogP contribution is 2.15. The van der Waals surface area contributed by atoms with Crippen LogP contribution in [0.25, 0.3) is 5.65 Å². The Morgan fingerprint density at radius 1 is 1.17 bits per heavy atom. The van der Waals surface area contributed by atoms with Gasteiger partial charge in [-0.25, -0.2) is 4.98 Å². The van der Waals surface area contributed by atoms with Crippen LogP contribution in [0.1, 0.15) is 21.6 Å². The van der Waals surface area contributed by atoms with E-state index in [-0.39, 0.29) is 17.2 Å². The third kappa shape index (κ3) is 2.74. The van der Waals surface area contributed by atoms with Crippen molar-refractivity contribution >= 4 is 17.2 Å². The van der Waals surface area contributed by atoms with Crippen LogP contribution < -0.4 is 15.6 Å². The molecule has 2 heterocycles. The van der Waals surface area contributed by atoms with Crippen molar-refractivity contribution in [2.45, 2.75) is 13.8 Å². The zero-order chi connectivity index (χ0) is 17.3. The van der Waals surface area contributed by atoms with E-state index in [2.05, 4.69) is 10.3 Å². The van der Waals surface area contributed by atoms with E-state index in [1.807, 2.05) is 13.0 Å². The molecule has 0 saturated carbocycles. The molecule has 1 aromatic carbocycles. The number of amides is 1. The van der Waals surface area contributed by atoms with E-state index in [4.69, 9.17) is 4.74 Å². The van der Waals surface area contributed by atoms with Crippen LogP contribution in [-0.4, -0.2) is 22.4 Å². The van der Waals surface area contributed by atoms with E-state index in [1.54, 1.807) is 50.6 Å². The number of fused-ring (bicyclic) bond motifs is 1. The average molecular weight is 323 g/mol. The molecule has 6 heteroatoms. The highest BCUT2D eigenvalue weighted by molar-refractivity contribution is 6.04. The molecule has 0 spiro atoms. The van der Waals surface area contributed by atoms with Gasteiger partial charge in [0.1, 0.15) is 17.1 Å². The largest absolute Gasteiger partial charge is 0.497 e. The van der Waals surface area contributed by atoms with Gasteiger partial charge in [-0.1, -0.05) is 6.07 Å². The van der Waals surface area contributed by atoms with E-state index in [1.165, 1.54) is 4.40 Å². The Morgan fingerprint density at radius 2 is 1.88 bits per heavy atom.